The Balaban J connectivity index is 1.25. The first-order valence-corrected chi connectivity index (χ1v) is 19.7. The first-order valence-electron chi connectivity index (χ1n) is 19.7. The van der Waals surface area contributed by atoms with Gasteiger partial charge in [-0.3, -0.25) is 0 Å². The largest absolute Gasteiger partial charge is 0.310 e. The third-order valence-electron chi connectivity index (χ3n) is 13.6. The maximum Gasteiger partial charge on any atom is 0.0746 e. The molecule has 0 aliphatic heterocycles. The summed E-state index contributed by atoms with van der Waals surface area (Å²) in [6.45, 7) is 14.6. The van der Waals surface area contributed by atoms with E-state index in [4.69, 9.17) is 0 Å². The van der Waals surface area contributed by atoms with Crippen LogP contribution in [0.4, 0.5) is 17.1 Å². The average molecular weight is 696 g/mol. The van der Waals surface area contributed by atoms with Gasteiger partial charge in [0.15, 0.2) is 0 Å². The van der Waals surface area contributed by atoms with Crippen molar-refractivity contribution in [3.8, 4) is 33.4 Å². The van der Waals surface area contributed by atoms with Gasteiger partial charge in [0.25, 0.3) is 0 Å². The molecule has 7 aromatic carbocycles. The molecule has 1 nitrogen and oxygen atoms in total. The summed E-state index contributed by atoms with van der Waals surface area (Å²) in [4.78, 5) is 2.60. The first kappa shape index (κ1) is 31.8. The van der Waals surface area contributed by atoms with Crippen molar-refractivity contribution in [1.29, 1.82) is 0 Å². The third kappa shape index (κ3) is 3.85. The van der Waals surface area contributed by atoms with Gasteiger partial charge in [0.05, 0.1) is 16.8 Å². The molecule has 262 valence electrons. The summed E-state index contributed by atoms with van der Waals surface area (Å²) in [5.41, 5.74) is 22.6. The van der Waals surface area contributed by atoms with Crippen molar-refractivity contribution in [2.75, 3.05) is 4.90 Å². The van der Waals surface area contributed by atoms with Gasteiger partial charge >= 0.3 is 0 Å². The highest BCUT2D eigenvalue weighted by molar-refractivity contribution is 6.02. The van der Waals surface area contributed by atoms with E-state index in [1.54, 1.807) is 0 Å². The van der Waals surface area contributed by atoms with E-state index in [9.17, 15) is 0 Å². The van der Waals surface area contributed by atoms with Gasteiger partial charge in [0, 0.05) is 22.2 Å². The Hall–Kier alpha value is -5.66. The van der Waals surface area contributed by atoms with Crippen LogP contribution in [0.5, 0.6) is 0 Å². The summed E-state index contributed by atoms with van der Waals surface area (Å²) in [7, 11) is 0. The highest BCUT2D eigenvalue weighted by Crippen LogP contribution is 2.66. The molecule has 1 heteroatoms. The van der Waals surface area contributed by atoms with Crippen LogP contribution in [0.25, 0.3) is 33.4 Å². The van der Waals surface area contributed by atoms with Crippen LogP contribution < -0.4 is 4.90 Å². The van der Waals surface area contributed by atoms with Gasteiger partial charge in [-0.15, -0.1) is 0 Å². The third-order valence-corrected chi connectivity index (χ3v) is 13.6. The molecule has 0 saturated carbocycles. The molecule has 4 aliphatic carbocycles. The highest BCUT2D eigenvalue weighted by atomic mass is 15.2. The lowest BCUT2D eigenvalue weighted by Gasteiger charge is -2.36. The maximum atomic E-state index is 2.60. The van der Waals surface area contributed by atoms with E-state index in [0.717, 1.165) is 6.42 Å². The summed E-state index contributed by atoms with van der Waals surface area (Å²) in [6, 6.07) is 57.8. The Morgan fingerprint density at radius 2 is 0.870 bits per heavy atom. The molecule has 0 N–H and O–H groups in total. The van der Waals surface area contributed by atoms with Gasteiger partial charge in [-0.25, -0.2) is 0 Å². The lowest BCUT2D eigenvalue weighted by molar-refractivity contribution is 0.403. The highest BCUT2D eigenvalue weighted by Gasteiger charge is 2.54. The number of benzene rings is 7. The Labute approximate surface area is 320 Å². The summed E-state index contributed by atoms with van der Waals surface area (Å²) < 4.78 is 0. The van der Waals surface area contributed by atoms with E-state index >= 15 is 0 Å². The lowest BCUT2D eigenvalue weighted by Crippen LogP contribution is -2.28. The minimum absolute atomic E-state index is 0.108. The molecule has 0 aromatic heterocycles. The fraction of sp³-hybridized carbons (Fsp3) is 0.208. The van der Waals surface area contributed by atoms with E-state index in [1.807, 2.05) is 0 Å². The molecule has 11 rings (SSSR count). The van der Waals surface area contributed by atoms with Crippen LogP contribution in [-0.4, -0.2) is 0 Å². The van der Waals surface area contributed by atoms with Crippen LogP contribution in [0.15, 0.2) is 152 Å². The number of fused-ring (bicyclic) bond motifs is 14. The molecule has 0 saturated heterocycles. The topological polar surface area (TPSA) is 3.24 Å². The molecule has 1 spiro atoms. The Morgan fingerprint density at radius 3 is 1.50 bits per heavy atom. The number of rotatable bonds is 3. The Kier molecular flexibility index (Phi) is 6.20. The predicted molar refractivity (Wildman–Crippen MR) is 226 cm³/mol. The zero-order chi connectivity index (χ0) is 36.8. The number of anilines is 3. The number of hydrogen-bond acceptors (Lipinski definition) is 1. The molecular weight excluding hydrogens is 651 g/mol. The molecular formula is C53H45N. The van der Waals surface area contributed by atoms with Crippen molar-refractivity contribution in [3.63, 3.8) is 0 Å². The van der Waals surface area contributed by atoms with Crippen molar-refractivity contribution in [2.45, 2.75) is 69.6 Å². The minimum Gasteiger partial charge on any atom is -0.310 e. The molecule has 0 atom stereocenters. The maximum absolute atomic E-state index is 2.60. The van der Waals surface area contributed by atoms with Crippen LogP contribution in [0.1, 0.15) is 92.5 Å². The molecule has 7 aromatic rings. The second-order valence-corrected chi connectivity index (χ2v) is 18.0. The van der Waals surface area contributed by atoms with Crippen molar-refractivity contribution < 1.29 is 0 Å². The predicted octanol–water partition coefficient (Wildman–Crippen LogP) is 13.8. The van der Waals surface area contributed by atoms with Gasteiger partial charge in [-0.1, -0.05) is 163 Å². The molecule has 0 unspecified atom stereocenters. The van der Waals surface area contributed by atoms with Gasteiger partial charge in [-0.05, 0) is 114 Å². The molecule has 0 radical (unpaired) electrons. The van der Waals surface area contributed by atoms with E-state index in [-0.39, 0.29) is 16.2 Å². The lowest BCUT2D eigenvalue weighted by atomic mass is 9.70. The first-order chi connectivity index (χ1) is 26.0. The molecule has 4 aliphatic rings. The molecule has 54 heavy (non-hydrogen) atoms. The summed E-state index contributed by atoms with van der Waals surface area (Å²) in [6.07, 6.45) is 1.16. The van der Waals surface area contributed by atoms with Crippen LogP contribution in [-0.2, 0) is 21.7 Å². The minimum atomic E-state index is -0.464. The van der Waals surface area contributed by atoms with Gasteiger partial charge in [-0.2, -0.15) is 0 Å². The smallest absolute Gasteiger partial charge is 0.0746 e. The summed E-state index contributed by atoms with van der Waals surface area (Å²) in [5.74, 6) is 0. The van der Waals surface area contributed by atoms with E-state index in [1.165, 1.54) is 95.0 Å². The zero-order valence-electron chi connectivity index (χ0n) is 32.1. The summed E-state index contributed by atoms with van der Waals surface area (Å²) >= 11 is 0. The number of para-hydroxylation sites is 1. The molecule has 0 bridgehead atoms. The van der Waals surface area contributed by atoms with Crippen molar-refractivity contribution in [1.82, 2.24) is 0 Å². The van der Waals surface area contributed by atoms with Crippen molar-refractivity contribution in [2.24, 2.45) is 0 Å². The number of nitrogens with zero attached hydrogens (tertiary/aromatic N) is 1. The van der Waals surface area contributed by atoms with Crippen molar-refractivity contribution in [3.05, 3.63) is 196 Å². The average Bonchev–Trinajstić information content (AvgIpc) is 3.79. The van der Waals surface area contributed by atoms with Crippen LogP contribution in [0.2, 0.25) is 0 Å². The fourth-order valence-corrected chi connectivity index (χ4v) is 11.7. The Bertz CT molecular complexity index is 2660. The van der Waals surface area contributed by atoms with E-state index in [2.05, 4.69) is 198 Å². The van der Waals surface area contributed by atoms with E-state index < -0.39 is 5.41 Å². The Morgan fingerprint density at radius 1 is 0.389 bits per heavy atom. The van der Waals surface area contributed by atoms with Crippen molar-refractivity contribution >= 4 is 17.1 Å². The zero-order valence-corrected chi connectivity index (χ0v) is 32.1. The van der Waals surface area contributed by atoms with E-state index in [0.29, 0.717) is 0 Å². The van der Waals surface area contributed by atoms with Crippen LogP contribution in [0.3, 0.4) is 0 Å². The monoisotopic (exact) mass is 695 g/mol. The van der Waals surface area contributed by atoms with Crippen LogP contribution >= 0.6 is 0 Å². The molecule has 0 fully saturated rings. The van der Waals surface area contributed by atoms with Gasteiger partial charge in [0.1, 0.15) is 0 Å². The SMILES string of the molecule is CC1(C)CC(C)(C)c2cc3c(cc21)-c1c(N(c2ccccc2)c2cccc4c2C2(c5ccccc5-c5ccccc52)c2ccccc2-4)cccc1C3(C)C. The number of hydrogen-bond donors (Lipinski definition) is 0. The van der Waals surface area contributed by atoms with Crippen LogP contribution in [0, 0.1) is 0 Å². The van der Waals surface area contributed by atoms with Gasteiger partial charge < -0.3 is 4.90 Å². The fourth-order valence-electron chi connectivity index (χ4n) is 11.7. The second kappa shape index (κ2) is 10.5. The quantitative estimate of drug-likeness (QED) is 0.178. The molecule has 0 amide bonds. The normalized spacial score (nSPS) is 17.6. The van der Waals surface area contributed by atoms with Gasteiger partial charge in [0.2, 0.25) is 0 Å². The molecule has 0 heterocycles. The summed E-state index contributed by atoms with van der Waals surface area (Å²) in [5, 5.41) is 0. The standard InChI is InChI=1S/C53H45N/c1-50(2)32-51(3,4)45-31-43-38(30-44(45)50)48-42(52(43,5)6)27-17-28-46(48)54(33-18-8-7-9-19-33)47-29-16-23-37-36-22-12-15-26-41(36)53(49(37)47)39-24-13-10-20-34(39)35-21-11-14-25-40(35)53/h7-31H,32H2,1-6H3. The second-order valence-electron chi connectivity index (χ2n) is 18.0.